The lowest BCUT2D eigenvalue weighted by molar-refractivity contribution is -0.114. The topological polar surface area (TPSA) is 95.2 Å². The summed E-state index contributed by atoms with van der Waals surface area (Å²) >= 11 is -1.41. The lowest BCUT2D eigenvalue weighted by Crippen LogP contribution is -2.09. The maximum absolute atomic E-state index is 12.6. The third-order valence-corrected chi connectivity index (χ3v) is 4.64. The number of benzene rings is 2. The van der Waals surface area contributed by atoms with Gasteiger partial charge >= 0.3 is 0 Å². The van der Waals surface area contributed by atoms with Crippen molar-refractivity contribution >= 4 is 34.2 Å². The first-order chi connectivity index (χ1) is 10.9. The Morgan fingerprint density at radius 2 is 1.74 bits per heavy atom. The van der Waals surface area contributed by atoms with E-state index in [1.165, 1.54) is 6.92 Å². The monoisotopic (exact) mass is 330 g/mol. The Morgan fingerprint density at radius 1 is 1.13 bits per heavy atom. The fraction of sp³-hybridized carbons (Fsp3) is 0.176. The van der Waals surface area contributed by atoms with Crippen LogP contribution in [0.5, 0.6) is 0 Å². The highest BCUT2D eigenvalue weighted by atomic mass is 32.2. The quantitative estimate of drug-likeness (QED) is 0.500. The largest absolute Gasteiger partial charge is 0.606 e. The zero-order chi connectivity index (χ0) is 17.0. The summed E-state index contributed by atoms with van der Waals surface area (Å²) in [5.74, 6) is -0.173. The molecule has 0 saturated heterocycles. The molecule has 2 rings (SSSR count). The Bertz CT molecular complexity index is 729. The van der Waals surface area contributed by atoms with Crippen LogP contribution in [0.15, 0.2) is 52.3 Å². The van der Waals surface area contributed by atoms with E-state index in [1.807, 2.05) is 0 Å². The number of rotatable bonds is 5. The van der Waals surface area contributed by atoms with Crippen molar-refractivity contribution in [2.45, 2.75) is 30.1 Å². The zero-order valence-corrected chi connectivity index (χ0v) is 13.8. The van der Waals surface area contributed by atoms with Crippen molar-refractivity contribution in [1.29, 1.82) is 0 Å². The van der Waals surface area contributed by atoms with E-state index in [9.17, 15) is 14.1 Å². The minimum absolute atomic E-state index is 0.0474. The number of amides is 1. The molecule has 0 spiro atoms. The number of Topliss-reactive ketones (excluding diaryl/α,β-unsaturated/α-hetero) is 1. The number of carbonyl (C=O) groups excluding carboxylic acids is 2. The third kappa shape index (κ3) is 4.12. The fourth-order valence-corrected chi connectivity index (χ4v) is 3.15. The molecular formula is C17H18N2O3S. The highest BCUT2D eigenvalue weighted by Crippen LogP contribution is 2.27. The van der Waals surface area contributed by atoms with Gasteiger partial charge in [-0.15, -0.1) is 0 Å². The van der Waals surface area contributed by atoms with Crippen molar-refractivity contribution in [3.8, 4) is 0 Å². The number of anilines is 2. The summed E-state index contributed by atoms with van der Waals surface area (Å²) in [5.41, 5.74) is 7.32. The van der Waals surface area contributed by atoms with E-state index in [0.29, 0.717) is 33.2 Å². The van der Waals surface area contributed by atoms with Crippen molar-refractivity contribution < 1.29 is 14.1 Å². The molecule has 0 aliphatic rings. The van der Waals surface area contributed by atoms with Crippen LogP contribution in [0.3, 0.4) is 0 Å². The zero-order valence-electron chi connectivity index (χ0n) is 13.0. The van der Waals surface area contributed by atoms with E-state index in [0.717, 1.165) is 0 Å². The Kier molecular flexibility index (Phi) is 5.41. The molecule has 6 heteroatoms. The summed E-state index contributed by atoms with van der Waals surface area (Å²) in [6.07, 6.45) is 0.434. The molecule has 0 radical (unpaired) electrons. The van der Waals surface area contributed by atoms with E-state index in [4.69, 9.17) is 5.73 Å². The van der Waals surface area contributed by atoms with Gasteiger partial charge in [0.15, 0.2) is 15.6 Å². The number of nitrogen functional groups attached to an aromatic ring is 1. The maximum Gasteiger partial charge on any atom is 0.221 e. The van der Waals surface area contributed by atoms with Crippen LogP contribution in [0.2, 0.25) is 0 Å². The molecule has 0 saturated carbocycles. The van der Waals surface area contributed by atoms with E-state index >= 15 is 0 Å². The predicted octanol–water partition coefficient (Wildman–Crippen LogP) is 2.99. The second-order valence-corrected chi connectivity index (χ2v) is 6.48. The summed E-state index contributed by atoms with van der Waals surface area (Å²) in [7, 11) is 0. The second kappa shape index (κ2) is 7.30. The van der Waals surface area contributed by atoms with E-state index in [2.05, 4.69) is 5.32 Å². The van der Waals surface area contributed by atoms with Crippen LogP contribution < -0.4 is 11.1 Å². The van der Waals surface area contributed by atoms with Crippen LogP contribution >= 0.6 is 0 Å². The lowest BCUT2D eigenvalue weighted by atomic mass is 10.1. The average Bonchev–Trinajstić information content (AvgIpc) is 2.55. The van der Waals surface area contributed by atoms with Gasteiger partial charge in [0.2, 0.25) is 5.91 Å². The van der Waals surface area contributed by atoms with Gasteiger partial charge in [0.25, 0.3) is 0 Å². The predicted molar refractivity (Wildman–Crippen MR) is 90.9 cm³/mol. The van der Waals surface area contributed by atoms with Gasteiger partial charge in [-0.3, -0.25) is 9.59 Å². The Labute approximate surface area is 138 Å². The van der Waals surface area contributed by atoms with Gasteiger partial charge in [-0.2, -0.15) is 0 Å². The Balaban J connectivity index is 2.23. The van der Waals surface area contributed by atoms with Crippen LogP contribution in [0.25, 0.3) is 0 Å². The molecule has 3 N–H and O–H groups in total. The highest BCUT2D eigenvalue weighted by Gasteiger charge is 2.17. The van der Waals surface area contributed by atoms with Crippen molar-refractivity contribution in [3.63, 3.8) is 0 Å². The summed E-state index contributed by atoms with van der Waals surface area (Å²) in [6.45, 7) is 3.19. The van der Waals surface area contributed by atoms with Gasteiger partial charge in [-0.25, -0.2) is 0 Å². The second-order valence-electron chi connectivity index (χ2n) is 5.00. The van der Waals surface area contributed by atoms with Gasteiger partial charge in [-0.05, 0) is 36.4 Å². The number of ketones is 1. The number of hydrogen-bond acceptors (Lipinski definition) is 4. The van der Waals surface area contributed by atoms with Crippen LogP contribution in [0.4, 0.5) is 11.4 Å². The van der Waals surface area contributed by atoms with E-state index in [1.54, 1.807) is 49.4 Å². The Hall–Kier alpha value is -2.31. The first kappa shape index (κ1) is 17.1. The van der Waals surface area contributed by atoms with Crippen LogP contribution in [0.1, 0.15) is 30.6 Å². The summed E-state index contributed by atoms with van der Waals surface area (Å²) in [4.78, 5) is 23.8. The number of carbonyl (C=O) groups is 2. The average molecular weight is 330 g/mol. The minimum atomic E-state index is -1.41. The molecule has 1 amide bonds. The van der Waals surface area contributed by atoms with Gasteiger partial charge in [0, 0.05) is 36.2 Å². The van der Waals surface area contributed by atoms with E-state index in [-0.39, 0.29) is 11.7 Å². The molecule has 0 aromatic heterocycles. The van der Waals surface area contributed by atoms with Crippen molar-refractivity contribution in [3.05, 3.63) is 48.0 Å². The molecule has 5 nitrogen and oxygen atoms in total. The Morgan fingerprint density at radius 3 is 2.26 bits per heavy atom. The lowest BCUT2D eigenvalue weighted by Gasteiger charge is -2.12. The normalized spacial score (nSPS) is 11.8. The van der Waals surface area contributed by atoms with Gasteiger partial charge in [0.05, 0.1) is 11.4 Å². The van der Waals surface area contributed by atoms with E-state index < -0.39 is 11.2 Å². The molecule has 1 unspecified atom stereocenters. The molecule has 0 aliphatic carbocycles. The highest BCUT2D eigenvalue weighted by molar-refractivity contribution is 7.91. The van der Waals surface area contributed by atoms with Crippen LogP contribution in [-0.4, -0.2) is 16.2 Å². The molecule has 0 fully saturated rings. The third-order valence-electron chi connectivity index (χ3n) is 3.26. The van der Waals surface area contributed by atoms with Gasteiger partial charge in [-0.1, -0.05) is 6.92 Å². The molecule has 120 valence electrons. The number of nitrogens with two attached hydrogens (primary N) is 1. The van der Waals surface area contributed by atoms with Crippen LogP contribution in [-0.2, 0) is 16.0 Å². The smallest absolute Gasteiger partial charge is 0.221 e. The first-order valence-electron chi connectivity index (χ1n) is 7.14. The van der Waals surface area contributed by atoms with Crippen LogP contribution in [0, 0.1) is 0 Å². The summed E-state index contributed by atoms with van der Waals surface area (Å²) < 4.78 is 12.6. The molecular weight excluding hydrogens is 312 g/mol. The number of nitrogens with one attached hydrogen (secondary N) is 1. The van der Waals surface area contributed by atoms with Crippen molar-refractivity contribution in [2.24, 2.45) is 0 Å². The molecule has 23 heavy (non-hydrogen) atoms. The molecule has 0 heterocycles. The fourth-order valence-electron chi connectivity index (χ4n) is 2.06. The van der Waals surface area contributed by atoms with Crippen molar-refractivity contribution in [2.75, 3.05) is 11.1 Å². The minimum Gasteiger partial charge on any atom is -0.606 e. The molecule has 0 aliphatic heterocycles. The first-order valence-corrected chi connectivity index (χ1v) is 8.29. The summed E-state index contributed by atoms with van der Waals surface area (Å²) in [6, 6.07) is 11.6. The molecule has 2 aromatic carbocycles. The summed E-state index contributed by atoms with van der Waals surface area (Å²) in [5, 5.41) is 2.60. The maximum atomic E-state index is 12.6. The number of hydrogen-bond donors (Lipinski definition) is 2. The van der Waals surface area contributed by atoms with Gasteiger partial charge < -0.3 is 15.6 Å². The standard InChI is InChI=1S/C17H18N2O3S/c1-3-17(21)12-4-6-13(7-5-12)23(22)14-8-9-16(15(18)10-14)19-11(2)20/h4-10H,3,18H2,1-2H3,(H,19,20). The molecule has 0 bridgehead atoms. The molecule has 2 aromatic rings. The SMILES string of the molecule is CCC(=O)c1ccc([S+]([O-])c2ccc(NC(C)=O)c(N)c2)cc1. The molecule has 1 atom stereocenters. The van der Waals surface area contributed by atoms with Crippen molar-refractivity contribution in [1.82, 2.24) is 0 Å². The van der Waals surface area contributed by atoms with Gasteiger partial charge in [0.1, 0.15) is 0 Å².